The number of H-pyrrole nitrogens is 1. The molecule has 1 fully saturated rings. The number of nitrogens with zero attached hydrogens (tertiary/aromatic N) is 6. The van der Waals surface area contributed by atoms with Crippen LogP contribution in [0.4, 0.5) is 5.95 Å². The van der Waals surface area contributed by atoms with Crippen LogP contribution in [0.3, 0.4) is 0 Å². The van der Waals surface area contributed by atoms with E-state index in [9.17, 15) is 33.7 Å². The molecule has 0 aliphatic carbocycles. The van der Waals surface area contributed by atoms with E-state index in [1.165, 1.54) is 4.57 Å². The van der Waals surface area contributed by atoms with E-state index in [-0.39, 0.29) is 49.6 Å². The Balaban J connectivity index is 2.01. The van der Waals surface area contributed by atoms with E-state index < -0.39 is 114 Å². The number of hydrogen-bond acceptors (Lipinski definition) is 21. The van der Waals surface area contributed by atoms with Crippen molar-refractivity contribution in [2.75, 3.05) is 45.0 Å². The zero-order chi connectivity index (χ0) is 44.6. The first-order valence-electron chi connectivity index (χ1n) is 18.7. The molecule has 3 rings (SSSR count). The molecule has 1 saturated heterocycles. The van der Waals surface area contributed by atoms with Crippen LogP contribution in [0.1, 0.15) is 67.0 Å². The van der Waals surface area contributed by atoms with E-state index >= 15 is 0 Å². The van der Waals surface area contributed by atoms with Gasteiger partial charge in [-0.05, 0) is 0 Å². The van der Waals surface area contributed by atoms with Gasteiger partial charge >= 0.3 is 235 Å². The Morgan fingerprint density at radius 2 is 1.52 bits per heavy atom. The predicted octanol–water partition coefficient (Wildman–Crippen LogP) is 2.46. The number of aromatic nitrogens is 4. The fourth-order valence-electron chi connectivity index (χ4n) is 4.86. The number of fused-ring (bicyclic) bond motifs is 1. The summed E-state index contributed by atoms with van der Waals surface area (Å²) in [6.07, 6.45) is -6.87. The van der Waals surface area contributed by atoms with E-state index in [2.05, 4.69) is 20.3 Å². The molecule has 24 nitrogen and oxygen atoms in total. The summed E-state index contributed by atoms with van der Waals surface area (Å²) in [7, 11) is -9.44. The number of phosphoric ester groups is 1. The third kappa shape index (κ3) is 14.3. The molecule has 0 radical (unpaired) electrons. The van der Waals surface area contributed by atoms with Gasteiger partial charge in [-0.1, -0.05) is 41.5 Å². The number of ether oxygens (including phenoxy) is 3. The molecule has 0 spiro atoms. The summed E-state index contributed by atoms with van der Waals surface area (Å²) in [6.45, 7) is 5.81. The first kappa shape index (κ1) is 49.9. The van der Waals surface area contributed by atoms with Crippen LogP contribution in [0.25, 0.3) is 11.2 Å². The third-order valence-electron chi connectivity index (χ3n) is 8.00. The molecule has 6 atom stereocenters. The molecule has 3 heterocycles. The summed E-state index contributed by atoms with van der Waals surface area (Å²) >= 11 is 0. The zero-order valence-corrected chi connectivity index (χ0v) is 35.7. The summed E-state index contributed by atoms with van der Waals surface area (Å²) in [6, 6.07) is 5.42. The Morgan fingerprint density at radius 3 is 2.07 bits per heavy atom. The summed E-state index contributed by atoms with van der Waals surface area (Å²) in [5.74, 6) is -4.09. The van der Waals surface area contributed by atoms with Crippen LogP contribution in [0, 0.1) is 51.7 Å². The van der Waals surface area contributed by atoms with E-state index in [1.54, 1.807) is 47.6 Å². The van der Waals surface area contributed by atoms with Crippen LogP contribution in [0.5, 0.6) is 0 Å². The SMILES string of the molecule is CC(C)C(=O)Nc1nc2c(ncn2[C@@H]2O[C@H](COP(=O)(OCCC#N)OCC(CO)O[PH](O)(OCCC#N)OCCC#N)[C@@H](OC(=O)C(C)C)[C@H]2OC(=O)C(C)C)c(=O)[nH]1. The van der Waals surface area contributed by atoms with Crippen LogP contribution in [-0.2, 0) is 60.3 Å². The number of carbonyl (C=O) groups excluding carboxylic acids is 3. The molecular weight excluding hydrogens is 838 g/mol. The number of hydrogen-bond donors (Lipinski definition) is 4. The molecule has 0 bridgehead atoms. The van der Waals surface area contributed by atoms with E-state index in [4.69, 9.17) is 57.1 Å². The average molecular weight is 889 g/mol. The van der Waals surface area contributed by atoms with Gasteiger partial charge in [-0.2, -0.15) is 4.98 Å². The van der Waals surface area contributed by atoms with Crippen LogP contribution in [-0.4, -0.2) is 111 Å². The summed E-state index contributed by atoms with van der Waals surface area (Å²) in [4.78, 5) is 73.5. The molecule has 26 heteroatoms. The van der Waals surface area contributed by atoms with Crippen molar-refractivity contribution in [1.29, 1.82) is 15.8 Å². The molecule has 1 aliphatic heterocycles. The number of phosphoric acid groups is 1. The van der Waals surface area contributed by atoms with Gasteiger partial charge in [0.15, 0.2) is 5.52 Å². The Hall–Kier alpha value is -4.47. The topological polar surface area (TPSA) is 339 Å². The van der Waals surface area contributed by atoms with Crippen molar-refractivity contribution in [2.45, 2.75) is 91.4 Å². The van der Waals surface area contributed by atoms with Gasteiger partial charge in [0.2, 0.25) is 11.9 Å². The fraction of sp³-hybridized carbons (Fsp3) is 0.676. The smallest absolute Gasteiger partial charge is 0.290 e. The van der Waals surface area contributed by atoms with Crippen LogP contribution >= 0.6 is 16.0 Å². The van der Waals surface area contributed by atoms with Gasteiger partial charge in [-0.3, -0.25) is 24.7 Å². The number of aromatic amines is 1. The Bertz CT molecular complexity index is 1990. The van der Waals surface area contributed by atoms with Crippen molar-refractivity contribution in [2.24, 2.45) is 17.8 Å². The number of aliphatic hydroxyl groups excluding tert-OH is 1. The first-order chi connectivity index (χ1) is 28.4. The number of aliphatic hydroxyl groups is 1. The second-order valence-electron chi connectivity index (χ2n) is 13.8. The normalized spacial score (nSPS) is 19.7. The maximum absolute atomic E-state index is 14.1. The Labute approximate surface area is 345 Å². The minimum Gasteiger partial charge on any atom is -0.290 e. The van der Waals surface area contributed by atoms with Gasteiger partial charge < -0.3 is 0 Å². The van der Waals surface area contributed by atoms with Crippen LogP contribution < -0.4 is 10.9 Å². The number of esters is 2. The Kier molecular flexibility index (Phi) is 19.5. The van der Waals surface area contributed by atoms with E-state index in [1.807, 2.05) is 12.1 Å². The molecule has 4 N–H and O–H groups in total. The van der Waals surface area contributed by atoms with Crippen LogP contribution in [0.2, 0.25) is 0 Å². The van der Waals surface area contributed by atoms with Crippen molar-refractivity contribution in [1.82, 2.24) is 19.5 Å². The molecule has 1 aliphatic rings. The number of carbonyl (C=O) groups is 3. The molecule has 2 aromatic heterocycles. The Morgan fingerprint density at radius 1 is 0.933 bits per heavy atom. The fourth-order valence-corrected chi connectivity index (χ4v) is 7.58. The van der Waals surface area contributed by atoms with Gasteiger partial charge in [0.25, 0.3) is 5.56 Å². The number of nitriles is 3. The second-order valence-corrected chi connectivity index (χ2v) is 17.3. The molecule has 2 unspecified atom stereocenters. The molecule has 0 saturated carbocycles. The standard InChI is InChI=1S/C34H50N8O16P2/c1-20(2)29(44)40-34-39-28-25(30(45)41-34)38-19-42(28)31-27(57-33(47)22(5)6)26(56-32(46)21(3)4)24(55-31)18-54-59(48,50-13-7-10-35)53-17-23(16-43)58-60(49,51-14-8-11-36)52-15-9-12-37/h19-24,26-27,31,43,49,60H,7-9,13-18H2,1-6H3,(H2,39,40,41,44,45)/t23?,24-,26-,27-,31-,59?/m1/s1. The van der Waals surface area contributed by atoms with Crippen molar-refractivity contribution in [3.63, 3.8) is 0 Å². The minimum atomic E-state index is -4.80. The van der Waals surface area contributed by atoms with Crippen molar-refractivity contribution in [3.8, 4) is 18.2 Å². The van der Waals surface area contributed by atoms with Crippen LogP contribution in [0.15, 0.2) is 11.1 Å². The minimum absolute atomic E-state index is 0.135. The van der Waals surface area contributed by atoms with E-state index in [0.29, 0.717) is 0 Å². The molecule has 2 aromatic rings. The number of imidazole rings is 1. The second kappa shape index (κ2) is 23.5. The average Bonchev–Trinajstić information content (AvgIpc) is 3.76. The molecule has 60 heavy (non-hydrogen) atoms. The molecule has 1 amide bonds. The molecule has 332 valence electrons. The van der Waals surface area contributed by atoms with Gasteiger partial charge in [0.05, 0.1) is 5.92 Å². The van der Waals surface area contributed by atoms with Gasteiger partial charge in [0, 0.05) is 5.92 Å². The molecule has 0 aromatic carbocycles. The number of anilines is 1. The quantitative estimate of drug-likeness (QED) is 0.0632. The summed E-state index contributed by atoms with van der Waals surface area (Å²) in [5, 5.41) is 39.4. The third-order valence-corrected chi connectivity index (χ3v) is 11.2. The maximum atomic E-state index is 14.1. The summed E-state index contributed by atoms with van der Waals surface area (Å²) < 4.78 is 65.6. The first-order valence-corrected chi connectivity index (χ1v) is 21.8. The van der Waals surface area contributed by atoms with Gasteiger partial charge in [0.1, 0.15) is 0 Å². The van der Waals surface area contributed by atoms with E-state index in [0.717, 1.165) is 6.33 Å². The number of nitrogens with one attached hydrogen (secondary N) is 2. The zero-order valence-electron chi connectivity index (χ0n) is 33.8. The summed E-state index contributed by atoms with van der Waals surface area (Å²) in [5.41, 5.74) is -1.07. The van der Waals surface area contributed by atoms with Crippen molar-refractivity contribution >= 4 is 51.0 Å². The molecular formula is C34H50N8O16P2. The number of amides is 1. The van der Waals surface area contributed by atoms with Gasteiger partial charge in [-0.25, -0.2) is 4.98 Å². The number of rotatable bonds is 25. The monoisotopic (exact) mass is 888 g/mol. The predicted molar refractivity (Wildman–Crippen MR) is 206 cm³/mol. The van der Waals surface area contributed by atoms with Crippen molar-refractivity contribution in [3.05, 3.63) is 16.7 Å². The van der Waals surface area contributed by atoms with Gasteiger partial charge in [-0.15, -0.1) is 0 Å². The van der Waals surface area contributed by atoms with Crippen molar-refractivity contribution < 1.29 is 70.3 Å².